The summed E-state index contributed by atoms with van der Waals surface area (Å²) in [6.07, 6.45) is 1.76. The molecular formula is C22H25N9O2. The molecule has 2 amide bonds. The number of hydrogen-bond acceptors (Lipinski definition) is 8. The van der Waals surface area contributed by atoms with E-state index in [0.29, 0.717) is 11.5 Å². The average Bonchev–Trinajstić information content (AvgIpc) is 3.58. The highest BCUT2D eigenvalue weighted by Gasteiger charge is 2.33. The summed E-state index contributed by atoms with van der Waals surface area (Å²) in [6, 6.07) is 7.50. The molecule has 1 aliphatic carbocycles. The molecule has 0 bridgehead atoms. The molecule has 0 radical (unpaired) electrons. The van der Waals surface area contributed by atoms with Crippen LogP contribution in [0.4, 0.5) is 22.9 Å². The number of carbonyl (C=O) groups is 2. The van der Waals surface area contributed by atoms with Crippen LogP contribution in [0.2, 0.25) is 0 Å². The second kappa shape index (κ2) is 7.84. The van der Waals surface area contributed by atoms with E-state index in [1.165, 1.54) is 7.05 Å². The van der Waals surface area contributed by atoms with Crippen LogP contribution >= 0.6 is 0 Å². The minimum Gasteiger partial charge on any atom is -0.364 e. The number of amides is 2. The lowest BCUT2D eigenvalue weighted by molar-refractivity contribution is -0.117. The van der Waals surface area contributed by atoms with Crippen molar-refractivity contribution in [2.45, 2.75) is 25.8 Å². The number of anilines is 4. The molecule has 3 heterocycles. The molecule has 0 saturated heterocycles. The molecule has 2 aliphatic rings. The van der Waals surface area contributed by atoms with Gasteiger partial charge in [-0.1, -0.05) is 12.1 Å². The van der Waals surface area contributed by atoms with Gasteiger partial charge in [-0.3, -0.25) is 9.59 Å². The quantitative estimate of drug-likeness (QED) is 0.543. The third-order valence-electron chi connectivity index (χ3n) is 6.07. The van der Waals surface area contributed by atoms with Crippen LogP contribution in [0.15, 0.2) is 24.3 Å². The van der Waals surface area contributed by atoms with E-state index in [0.717, 1.165) is 41.2 Å². The van der Waals surface area contributed by atoms with Crippen LogP contribution in [0.1, 0.15) is 42.0 Å². The van der Waals surface area contributed by atoms with Crippen molar-refractivity contribution in [3.63, 3.8) is 0 Å². The molecule has 1 aliphatic heterocycles. The fourth-order valence-electron chi connectivity index (χ4n) is 4.04. The van der Waals surface area contributed by atoms with Crippen molar-refractivity contribution in [2.24, 2.45) is 13.0 Å². The van der Waals surface area contributed by atoms with E-state index in [-0.39, 0.29) is 29.5 Å². The van der Waals surface area contributed by atoms with Crippen molar-refractivity contribution >= 4 is 34.7 Å². The average molecular weight is 448 g/mol. The molecule has 0 spiro atoms. The third-order valence-corrected chi connectivity index (χ3v) is 6.07. The van der Waals surface area contributed by atoms with Crippen molar-refractivity contribution in [1.29, 1.82) is 0 Å². The first-order valence-electron chi connectivity index (χ1n) is 10.8. The lowest BCUT2D eigenvalue weighted by Crippen LogP contribution is -2.27. The smallest absolute Gasteiger partial charge is 0.273 e. The Morgan fingerprint density at radius 2 is 1.88 bits per heavy atom. The second-order valence-corrected chi connectivity index (χ2v) is 8.37. The Morgan fingerprint density at radius 3 is 2.61 bits per heavy atom. The number of nitrogens with zero attached hydrogens (tertiary/aromatic N) is 6. The highest BCUT2D eigenvalue weighted by Crippen LogP contribution is 2.46. The topological polar surface area (TPSA) is 130 Å². The molecule has 2 aromatic heterocycles. The fourth-order valence-corrected chi connectivity index (χ4v) is 4.04. The lowest BCUT2D eigenvalue weighted by Gasteiger charge is -2.34. The van der Waals surface area contributed by atoms with Gasteiger partial charge in [-0.15, -0.1) is 10.2 Å². The highest BCUT2D eigenvalue weighted by molar-refractivity contribution is 6.01. The van der Waals surface area contributed by atoms with Crippen LogP contribution in [0.3, 0.4) is 0 Å². The second-order valence-electron chi connectivity index (χ2n) is 8.37. The van der Waals surface area contributed by atoms with E-state index in [1.54, 1.807) is 10.9 Å². The zero-order valence-electron chi connectivity index (χ0n) is 18.9. The van der Waals surface area contributed by atoms with Gasteiger partial charge in [-0.05, 0) is 25.8 Å². The maximum absolute atomic E-state index is 12.5. The first-order chi connectivity index (χ1) is 15.9. The number of benzene rings is 1. The predicted molar refractivity (Wildman–Crippen MR) is 123 cm³/mol. The summed E-state index contributed by atoms with van der Waals surface area (Å²) in [4.78, 5) is 28.4. The Hall–Kier alpha value is -4.02. The molecule has 1 atom stereocenters. The van der Waals surface area contributed by atoms with Crippen molar-refractivity contribution in [3.8, 4) is 11.3 Å². The molecule has 11 nitrogen and oxygen atoms in total. The minimum atomic E-state index is -0.382. The molecule has 3 aromatic rings. The molecule has 170 valence electrons. The zero-order chi connectivity index (χ0) is 23.3. The Morgan fingerprint density at radius 1 is 1.09 bits per heavy atom. The lowest BCUT2D eigenvalue weighted by atomic mass is 9.96. The molecule has 33 heavy (non-hydrogen) atoms. The molecular weight excluding hydrogens is 422 g/mol. The highest BCUT2D eigenvalue weighted by atomic mass is 16.2. The van der Waals surface area contributed by atoms with Crippen molar-refractivity contribution in [2.75, 3.05) is 29.6 Å². The van der Waals surface area contributed by atoms with Crippen molar-refractivity contribution in [3.05, 3.63) is 35.7 Å². The standard InChI is InChI=1S/C22H25N9O2/c1-11-17-18(29-31(4)28-17)13-6-5-7-14(20(13)30(11)3)24-15-10-16(25-21(32)12-8-9-12)26-27-19(15)22(33)23-2/h5-7,10-12H,8-9H2,1-4H3,(H,23,33)(H2,24,25,26,32)/t11-/m1/s1. The first kappa shape index (κ1) is 20.9. The number of aromatic nitrogens is 5. The van der Waals surface area contributed by atoms with E-state index in [2.05, 4.69) is 48.2 Å². The van der Waals surface area contributed by atoms with Gasteiger partial charge in [-0.2, -0.15) is 15.0 Å². The normalized spacial score (nSPS) is 16.6. The maximum atomic E-state index is 12.5. The molecule has 1 fully saturated rings. The molecule has 1 aromatic carbocycles. The Labute approximate surface area is 190 Å². The number of rotatable bonds is 5. The number of carbonyl (C=O) groups excluding carboxylic acids is 2. The number of nitrogens with one attached hydrogen (secondary N) is 3. The van der Waals surface area contributed by atoms with Gasteiger partial charge < -0.3 is 20.9 Å². The largest absolute Gasteiger partial charge is 0.364 e. The van der Waals surface area contributed by atoms with Gasteiger partial charge >= 0.3 is 0 Å². The predicted octanol–water partition coefficient (Wildman–Crippen LogP) is 2.23. The van der Waals surface area contributed by atoms with Gasteiger partial charge in [0.05, 0.1) is 23.1 Å². The van der Waals surface area contributed by atoms with Crippen LogP contribution in [-0.2, 0) is 11.8 Å². The van der Waals surface area contributed by atoms with Gasteiger partial charge in [0.1, 0.15) is 11.4 Å². The minimum absolute atomic E-state index is 0.00603. The number of aryl methyl sites for hydroxylation is 1. The van der Waals surface area contributed by atoms with Crippen LogP contribution in [-0.4, -0.2) is 51.1 Å². The van der Waals surface area contributed by atoms with E-state index >= 15 is 0 Å². The van der Waals surface area contributed by atoms with Gasteiger partial charge in [0, 0.05) is 38.7 Å². The van der Waals surface area contributed by atoms with Crippen LogP contribution in [0.5, 0.6) is 0 Å². The van der Waals surface area contributed by atoms with Gasteiger partial charge in [0.2, 0.25) is 5.91 Å². The summed E-state index contributed by atoms with van der Waals surface area (Å²) < 4.78 is 0. The van der Waals surface area contributed by atoms with E-state index < -0.39 is 0 Å². The van der Waals surface area contributed by atoms with Crippen molar-refractivity contribution < 1.29 is 9.59 Å². The summed E-state index contributed by atoms with van der Waals surface area (Å²) >= 11 is 0. The van der Waals surface area contributed by atoms with Crippen LogP contribution < -0.4 is 20.9 Å². The van der Waals surface area contributed by atoms with Crippen LogP contribution in [0, 0.1) is 5.92 Å². The fraction of sp³-hybridized carbons (Fsp3) is 0.364. The van der Waals surface area contributed by atoms with Gasteiger partial charge in [-0.25, -0.2) is 0 Å². The zero-order valence-corrected chi connectivity index (χ0v) is 18.9. The summed E-state index contributed by atoms with van der Waals surface area (Å²) in [7, 11) is 5.34. The number of hydrogen-bond donors (Lipinski definition) is 3. The van der Waals surface area contributed by atoms with E-state index in [4.69, 9.17) is 0 Å². The first-order valence-corrected chi connectivity index (χ1v) is 10.8. The number of fused-ring (bicyclic) bond motifs is 3. The summed E-state index contributed by atoms with van der Waals surface area (Å²) in [5.41, 5.74) is 4.96. The maximum Gasteiger partial charge on any atom is 0.273 e. The Bertz CT molecular complexity index is 1260. The summed E-state index contributed by atoms with van der Waals surface area (Å²) in [5.74, 6) is -0.138. The van der Waals surface area contributed by atoms with Gasteiger partial charge in [0.15, 0.2) is 11.5 Å². The number of para-hydroxylation sites is 1. The van der Waals surface area contributed by atoms with Crippen LogP contribution in [0.25, 0.3) is 11.3 Å². The molecule has 3 N–H and O–H groups in total. The summed E-state index contributed by atoms with van der Waals surface area (Å²) in [5, 5.41) is 26.0. The molecule has 1 saturated carbocycles. The third kappa shape index (κ3) is 3.65. The van der Waals surface area contributed by atoms with E-state index in [9.17, 15) is 9.59 Å². The Balaban J connectivity index is 1.57. The van der Waals surface area contributed by atoms with Crippen molar-refractivity contribution in [1.82, 2.24) is 30.5 Å². The monoisotopic (exact) mass is 447 g/mol. The van der Waals surface area contributed by atoms with E-state index in [1.807, 2.05) is 32.3 Å². The molecule has 11 heteroatoms. The SMILES string of the molecule is CNC(=O)c1nnc(NC(=O)C2CC2)cc1Nc1cccc2c1N(C)[C@H](C)c1nn(C)nc1-2. The van der Waals surface area contributed by atoms with Gasteiger partial charge in [0.25, 0.3) is 5.91 Å². The Kier molecular flexibility index (Phi) is 4.95. The molecule has 5 rings (SSSR count). The molecule has 0 unspecified atom stereocenters. The summed E-state index contributed by atoms with van der Waals surface area (Å²) in [6.45, 7) is 2.07.